The van der Waals surface area contributed by atoms with E-state index in [1.54, 1.807) is 30.3 Å². The van der Waals surface area contributed by atoms with Crippen LogP contribution in [0.1, 0.15) is 63.0 Å². The van der Waals surface area contributed by atoms with E-state index in [2.05, 4.69) is 0 Å². The van der Waals surface area contributed by atoms with E-state index in [1.165, 1.54) is 23.9 Å². The molecule has 0 saturated carbocycles. The maximum Gasteiger partial charge on any atom is 0.417 e. The Hall–Kier alpha value is -2.63. The molecule has 0 saturated heterocycles. The van der Waals surface area contributed by atoms with Crippen molar-refractivity contribution in [2.45, 2.75) is 81.3 Å². The van der Waals surface area contributed by atoms with Gasteiger partial charge in [-0.15, -0.1) is 11.8 Å². The van der Waals surface area contributed by atoms with Crippen LogP contribution in [0, 0.1) is 0 Å². The van der Waals surface area contributed by atoms with E-state index < -0.39 is 36.1 Å². The Kier molecular flexibility index (Phi) is 12.0. The Balaban J connectivity index is 1.57. The third-order valence-electron chi connectivity index (χ3n) is 6.66. The summed E-state index contributed by atoms with van der Waals surface area (Å²) >= 11 is 1.37. The summed E-state index contributed by atoms with van der Waals surface area (Å²) in [6.07, 6.45) is -1.64. The third kappa shape index (κ3) is 10.0. The van der Waals surface area contributed by atoms with Crippen LogP contribution in [0.2, 0.25) is 0 Å². The predicted molar refractivity (Wildman–Crippen MR) is 152 cm³/mol. The molecule has 1 atom stereocenters. The van der Waals surface area contributed by atoms with E-state index in [-0.39, 0.29) is 43.7 Å². The van der Waals surface area contributed by atoms with Crippen molar-refractivity contribution < 1.29 is 35.9 Å². The Morgan fingerprint density at radius 2 is 1.76 bits per heavy atom. The second-order valence-electron chi connectivity index (χ2n) is 10.1. The van der Waals surface area contributed by atoms with Crippen molar-refractivity contribution >= 4 is 28.7 Å². The van der Waals surface area contributed by atoms with E-state index in [9.17, 15) is 26.7 Å². The Labute approximate surface area is 241 Å². The number of hydrogen-bond donors (Lipinski definition) is 2. The molecule has 0 spiro atoms. The fourth-order valence-electron chi connectivity index (χ4n) is 4.36. The minimum Gasteiger partial charge on any atom is -0.464 e. The molecule has 3 rings (SSSR count). The predicted octanol–water partition coefficient (Wildman–Crippen LogP) is 7.97. The molecule has 0 amide bonds. The van der Waals surface area contributed by atoms with Gasteiger partial charge in [0.05, 0.1) is 12.2 Å². The Morgan fingerprint density at radius 3 is 2.46 bits per heavy atom. The lowest BCUT2D eigenvalue weighted by atomic mass is 9.98. The summed E-state index contributed by atoms with van der Waals surface area (Å²) in [5, 5.41) is 0.657. The zero-order valence-electron chi connectivity index (χ0n) is 23.1. The number of rotatable bonds is 16. The zero-order chi connectivity index (χ0) is 30.0. The van der Waals surface area contributed by atoms with Gasteiger partial charge in [0.2, 0.25) is 5.92 Å². The maximum atomic E-state index is 14.2. The first-order valence-electron chi connectivity index (χ1n) is 13.8. The number of alkyl halides is 5. The molecule has 5 nitrogen and oxygen atoms in total. The van der Waals surface area contributed by atoms with Crippen molar-refractivity contribution in [3.05, 3.63) is 53.6 Å². The van der Waals surface area contributed by atoms with Crippen molar-refractivity contribution in [2.24, 2.45) is 11.5 Å². The Morgan fingerprint density at radius 1 is 1.00 bits per heavy atom. The number of benzene rings is 2. The SMILES string of the molecule is CCCCCc1ccc(-c2cc3ccc(SCCCC(F)(F)CCCOC(=O)C(N)CN)cc3o2)c(C(F)(F)F)c1. The normalized spacial score (nSPS) is 13.1. The van der Waals surface area contributed by atoms with Gasteiger partial charge in [-0.05, 0) is 67.3 Å². The maximum absolute atomic E-state index is 14.2. The summed E-state index contributed by atoms with van der Waals surface area (Å²) < 4.78 is 80.8. The van der Waals surface area contributed by atoms with Crippen LogP contribution in [-0.2, 0) is 22.1 Å². The molecule has 11 heteroatoms. The summed E-state index contributed by atoms with van der Waals surface area (Å²) in [5.41, 5.74) is 11.0. The van der Waals surface area contributed by atoms with Gasteiger partial charge in [-0.1, -0.05) is 31.9 Å². The van der Waals surface area contributed by atoms with Crippen molar-refractivity contribution in [3.63, 3.8) is 0 Å². The van der Waals surface area contributed by atoms with Gasteiger partial charge in [-0.3, -0.25) is 4.79 Å². The first kappa shape index (κ1) is 32.9. The molecule has 2 aromatic carbocycles. The quantitative estimate of drug-likeness (QED) is 0.0750. The number of unbranched alkanes of at least 4 members (excludes halogenated alkanes) is 2. The van der Waals surface area contributed by atoms with Crippen LogP contribution < -0.4 is 11.5 Å². The van der Waals surface area contributed by atoms with Crippen molar-refractivity contribution in [3.8, 4) is 11.3 Å². The number of thioether (sulfide) groups is 1. The van der Waals surface area contributed by atoms with Gasteiger partial charge in [0.25, 0.3) is 0 Å². The number of hydrogen-bond acceptors (Lipinski definition) is 6. The van der Waals surface area contributed by atoms with Crippen molar-refractivity contribution in [1.29, 1.82) is 0 Å². The van der Waals surface area contributed by atoms with Crippen LogP contribution in [0.3, 0.4) is 0 Å². The highest BCUT2D eigenvalue weighted by molar-refractivity contribution is 7.99. The number of fused-ring (bicyclic) bond motifs is 1. The fourth-order valence-corrected chi connectivity index (χ4v) is 5.24. The lowest BCUT2D eigenvalue weighted by molar-refractivity contribution is -0.145. The minimum atomic E-state index is -4.53. The monoisotopic (exact) mass is 600 g/mol. The standard InChI is InChI=1S/C30H37F5N2O3S/c1-2-3-4-7-20-8-11-23(24(16-20)30(33,34)35)27-17-21-9-10-22(18-26(21)40-27)41-15-6-13-29(31,32)12-5-14-39-28(38)25(37)19-36/h8-11,16-18,25H,2-7,12-15,19,36-37H2,1H3. The van der Waals surface area contributed by atoms with Gasteiger partial charge >= 0.3 is 12.1 Å². The Bertz CT molecular complexity index is 1280. The molecule has 4 N–H and O–H groups in total. The van der Waals surface area contributed by atoms with Gasteiger partial charge in [0, 0.05) is 35.2 Å². The second kappa shape index (κ2) is 15.0. The number of halogens is 5. The lowest BCUT2D eigenvalue weighted by Gasteiger charge is -2.16. The van der Waals surface area contributed by atoms with E-state index in [4.69, 9.17) is 20.6 Å². The zero-order valence-corrected chi connectivity index (χ0v) is 23.9. The first-order chi connectivity index (χ1) is 19.4. The van der Waals surface area contributed by atoms with E-state index in [0.717, 1.165) is 24.2 Å². The van der Waals surface area contributed by atoms with Gasteiger partial charge in [0.15, 0.2) is 0 Å². The van der Waals surface area contributed by atoms with Gasteiger partial charge in [-0.2, -0.15) is 13.2 Å². The first-order valence-corrected chi connectivity index (χ1v) is 14.8. The largest absolute Gasteiger partial charge is 0.464 e. The molecule has 0 aliphatic carbocycles. The molecule has 0 fully saturated rings. The number of ether oxygens (including phenoxy) is 1. The summed E-state index contributed by atoms with van der Waals surface area (Å²) in [7, 11) is 0. The molecule has 0 radical (unpaired) electrons. The molecule has 0 aliphatic heterocycles. The van der Waals surface area contributed by atoms with Gasteiger partial charge in [-0.25, -0.2) is 8.78 Å². The van der Waals surface area contributed by atoms with Gasteiger partial charge < -0.3 is 20.6 Å². The number of aryl methyl sites for hydroxylation is 1. The minimum absolute atomic E-state index is 0.0122. The van der Waals surface area contributed by atoms with Crippen LogP contribution in [0.15, 0.2) is 51.8 Å². The summed E-state index contributed by atoms with van der Waals surface area (Å²) in [4.78, 5) is 12.2. The lowest BCUT2D eigenvalue weighted by Crippen LogP contribution is -2.39. The number of carbonyl (C=O) groups excluding carboxylic acids is 1. The van der Waals surface area contributed by atoms with E-state index >= 15 is 0 Å². The molecule has 1 aromatic heterocycles. The molecule has 41 heavy (non-hydrogen) atoms. The van der Waals surface area contributed by atoms with Crippen molar-refractivity contribution in [1.82, 2.24) is 0 Å². The summed E-state index contributed by atoms with van der Waals surface area (Å²) in [6, 6.07) is 10.3. The highest BCUT2D eigenvalue weighted by Gasteiger charge is 2.35. The fraction of sp³-hybridized carbons (Fsp3) is 0.500. The molecule has 0 aliphatic rings. The number of esters is 1. The van der Waals surface area contributed by atoms with Crippen LogP contribution in [-0.4, -0.2) is 36.8 Å². The second-order valence-corrected chi connectivity index (χ2v) is 11.2. The molecule has 0 bridgehead atoms. The molecule has 1 unspecified atom stereocenters. The van der Waals surface area contributed by atoms with Crippen LogP contribution in [0.25, 0.3) is 22.3 Å². The van der Waals surface area contributed by atoms with Crippen molar-refractivity contribution in [2.75, 3.05) is 18.9 Å². The average Bonchev–Trinajstić information content (AvgIpc) is 3.36. The number of furan rings is 1. The number of carbonyl (C=O) groups is 1. The average molecular weight is 601 g/mol. The van der Waals surface area contributed by atoms with Crippen LogP contribution in [0.5, 0.6) is 0 Å². The smallest absolute Gasteiger partial charge is 0.417 e. The molecule has 226 valence electrons. The van der Waals surface area contributed by atoms with Crippen LogP contribution in [0.4, 0.5) is 22.0 Å². The van der Waals surface area contributed by atoms with E-state index in [1.807, 2.05) is 6.92 Å². The third-order valence-corrected chi connectivity index (χ3v) is 7.74. The summed E-state index contributed by atoms with van der Waals surface area (Å²) in [5.74, 6) is -3.05. The van der Waals surface area contributed by atoms with Crippen LogP contribution >= 0.6 is 11.8 Å². The molecular weight excluding hydrogens is 563 g/mol. The highest BCUT2D eigenvalue weighted by Crippen LogP contribution is 2.40. The van der Waals surface area contributed by atoms with Gasteiger partial charge in [0.1, 0.15) is 17.4 Å². The molecular formula is C30H37F5N2O3S. The summed E-state index contributed by atoms with van der Waals surface area (Å²) in [6.45, 7) is 1.82. The number of nitrogens with two attached hydrogens (primary N) is 2. The topological polar surface area (TPSA) is 91.5 Å². The highest BCUT2D eigenvalue weighted by atomic mass is 32.2. The van der Waals surface area contributed by atoms with E-state index in [0.29, 0.717) is 28.7 Å². The molecule has 1 heterocycles. The molecule has 3 aromatic rings.